The lowest BCUT2D eigenvalue weighted by Crippen LogP contribution is -2.55. The SMILES string of the molecule is CC[C@@H](NC(=O)C[C@@H](C)[C@H]1CC[C@H]2[C@@H]3[C@H](O)CC4=CC(=O)CC[C@]4(C)[C@H]3CC[C@]12C)c1ccc(Cl)s1. The Hall–Kier alpha value is -1.17. The van der Waals surface area contributed by atoms with E-state index in [4.69, 9.17) is 11.6 Å². The molecule has 0 aliphatic heterocycles. The summed E-state index contributed by atoms with van der Waals surface area (Å²) in [4.78, 5) is 26.4. The second-order valence-corrected chi connectivity index (χ2v) is 14.4. The summed E-state index contributed by atoms with van der Waals surface area (Å²) in [5.74, 6) is 2.42. The van der Waals surface area contributed by atoms with Crippen molar-refractivity contribution in [3.63, 3.8) is 0 Å². The first-order valence-corrected chi connectivity index (χ1v) is 15.2. The fraction of sp³-hybridized carbons (Fsp3) is 0.733. The van der Waals surface area contributed by atoms with Crippen molar-refractivity contribution in [2.75, 3.05) is 0 Å². The van der Waals surface area contributed by atoms with Gasteiger partial charge >= 0.3 is 0 Å². The third kappa shape index (κ3) is 4.41. The quantitative estimate of drug-likeness (QED) is 0.411. The van der Waals surface area contributed by atoms with E-state index in [0.717, 1.165) is 47.7 Å². The van der Waals surface area contributed by atoms with Crippen molar-refractivity contribution in [3.05, 3.63) is 33.0 Å². The number of rotatable bonds is 6. The smallest absolute Gasteiger partial charge is 0.220 e. The van der Waals surface area contributed by atoms with Crippen LogP contribution in [0.3, 0.4) is 0 Å². The van der Waals surface area contributed by atoms with Gasteiger partial charge in [0.05, 0.1) is 16.5 Å². The van der Waals surface area contributed by atoms with Gasteiger partial charge in [0.25, 0.3) is 0 Å². The topological polar surface area (TPSA) is 66.4 Å². The van der Waals surface area contributed by atoms with Gasteiger partial charge in [0.1, 0.15) is 0 Å². The molecule has 0 aromatic carbocycles. The Kier molecular flexibility index (Phi) is 7.24. The zero-order chi connectivity index (χ0) is 25.8. The number of aliphatic hydroxyl groups is 1. The normalized spacial score (nSPS) is 39.4. The number of amides is 1. The molecule has 0 spiro atoms. The van der Waals surface area contributed by atoms with Gasteiger partial charge in [-0.3, -0.25) is 9.59 Å². The molecule has 0 unspecified atom stereocenters. The molecule has 1 heterocycles. The van der Waals surface area contributed by atoms with Gasteiger partial charge in [0, 0.05) is 17.7 Å². The molecule has 9 atom stereocenters. The largest absolute Gasteiger partial charge is 0.392 e. The first-order valence-electron chi connectivity index (χ1n) is 14.0. The molecule has 3 fully saturated rings. The first kappa shape index (κ1) is 26.4. The van der Waals surface area contributed by atoms with Gasteiger partial charge in [0.2, 0.25) is 5.91 Å². The second-order valence-electron chi connectivity index (χ2n) is 12.7. The number of carbonyl (C=O) groups is 2. The van der Waals surface area contributed by atoms with E-state index in [0.29, 0.717) is 48.9 Å². The van der Waals surface area contributed by atoms with Crippen LogP contribution in [0.25, 0.3) is 0 Å². The molecule has 5 rings (SSSR count). The van der Waals surface area contributed by atoms with Crippen molar-refractivity contribution in [2.24, 2.45) is 40.4 Å². The number of hydrogen-bond donors (Lipinski definition) is 2. The molecular weight excluding hydrogens is 490 g/mol. The van der Waals surface area contributed by atoms with Crippen molar-refractivity contribution >= 4 is 34.6 Å². The summed E-state index contributed by atoms with van der Waals surface area (Å²) in [6, 6.07) is 3.94. The maximum absolute atomic E-state index is 13.1. The Morgan fingerprint density at radius 2 is 2.00 bits per heavy atom. The number of fused-ring (bicyclic) bond motifs is 5. The van der Waals surface area contributed by atoms with Crippen molar-refractivity contribution in [3.8, 4) is 0 Å². The maximum Gasteiger partial charge on any atom is 0.220 e. The monoisotopic (exact) mass is 531 g/mol. The highest BCUT2D eigenvalue weighted by atomic mass is 35.5. The number of halogens is 1. The lowest BCUT2D eigenvalue weighted by atomic mass is 9.45. The van der Waals surface area contributed by atoms with Crippen LogP contribution in [0.2, 0.25) is 4.34 Å². The van der Waals surface area contributed by atoms with Gasteiger partial charge in [0.15, 0.2) is 5.78 Å². The van der Waals surface area contributed by atoms with E-state index in [-0.39, 0.29) is 34.7 Å². The summed E-state index contributed by atoms with van der Waals surface area (Å²) in [5.41, 5.74) is 1.42. The van der Waals surface area contributed by atoms with E-state index < -0.39 is 0 Å². The second kappa shape index (κ2) is 9.85. The van der Waals surface area contributed by atoms with Crippen LogP contribution in [0.5, 0.6) is 0 Å². The Labute approximate surface area is 225 Å². The molecule has 1 aromatic heterocycles. The average molecular weight is 532 g/mol. The first-order chi connectivity index (χ1) is 17.1. The van der Waals surface area contributed by atoms with Gasteiger partial charge in [-0.05, 0) is 104 Å². The van der Waals surface area contributed by atoms with Gasteiger partial charge in [-0.25, -0.2) is 0 Å². The zero-order valence-electron chi connectivity index (χ0n) is 22.2. The van der Waals surface area contributed by atoms with E-state index in [2.05, 4.69) is 33.0 Å². The third-order valence-corrected chi connectivity index (χ3v) is 12.3. The molecule has 4 aliphatic carbocycles. The Morgan fingerprint density at radius 1 is 1.22 bits per heavy atom. The highest BCUT2D eigenvalue weighted by Crippen LogP contribution is 2.67. The zero-order valence-corrected chi connectivity index (χ0v) is 23.8. The molecule has 3 saturated carbocycles. The maximum atomic E-state index is 13.1. The van der Waals surface area contributed by atoms with Crippen molar-refractivity contribution < 1.29 is 14.7 Å². The summed E-state index contributed by atoms with van der Waals surface area (Å²) >= 11 is 7.67. The lowest BCUT2D eigenvalue weighted by Gasteiger charge is -2.59. The molecule has 1 aromatic rings. The van der Waals surface area contributed by atoms with Gasteiger partial charge < -0.3 is 10.4 Å². The number of nitrogens with one attached hydrogen (secondary N) is 1. The van der Waals surface area contributed by atoms with Crippen molar-refractivity contribution in [2.45, 2.75) is 97.6 Å². The molecular formula is C30H42ClNO3S. The van der Waals surface area contributed by atoms with Gasteiger partial charge in [-0.2, -0.15) is 0 Å². The number of hydrogen-bond acceptors (Lipinski definition) is 4. The molecule has 0 radical (unpaired) electrons. The summed E-state index contributed by atoms with van der Waals surface area (Å²) in [5, 5.41) is 14.7. The molecule has 36 heavy (non-hydrogen) atoms. The third-order valence-electron chi connectivity index (χ3n) is 10.9. The molecule has 2 N–H and O–H groups in total. The Balaban J connectivity index is 1.29. The van der Waals surface area contributed by atoms with Crippen LogP contribution in [0, 0.1) is 40.4 Å². The Bertz CT molecular complexity index is 1050. The standard InChI is InChI=1S/C30H42ClNO3S/c1-5-23(25-8-9-26(31)36-25)32-27(35)14-17(2)20-6-7-21-28-22(11-13-30(20,21)4)29(3)12-10-19(33)15-18(29)16-24(28)34/h8-9,15,17,20-24,28,34H,5-7,10-14,16H2,1-4H3,(H,32,35)/t17-,20-,21+,22+,23-,24-,28+,29+,30-/m1/s1. The van der Waals surface area contributed by atoms with Crippen LogP contribution in [0.15, 0.2) is 23.8 Å². The molecule has 0 saturated heterocycles. The van der Waals surface area contributed by atoms with Crippen LogP contribution in [0.1, 0.15) is 96.4 Å². The summed E-state index contributed by atoms with van der Waals surface area (Å²) < 4.78 is 0.757. The van der Waals surface area contributed by atoms with Gasteiger partial charge in [-0.15, -0.1) is 11.3 Å². The minimum Gasteiger partial charge on any atom is -0.392 e. The van der Waals surface area contributed by atoms with E-state index in [1.807, 2.05) is 18.2 Å². The average Bonchev–Trinajstić information content (AvgIpc) is 3.41. The predicted molar refractivity (Wildman–Crippen MR) is 146 cm³/mol. The van der Waals surface area contributed by atoms with E-state index in [1.54, 1.807) is 11.3 Å². The van der Waals surface area contributed by atoms with E-state index >= 15 is 0 Å². The van der Waals surface area contributed by atoms with E-state index in [9.17, 15) is 14.7 Å². The van der Waals surface area contributed by atoms with Gasteiger partial charge in [-0.1, -0.05) is 44.9 Å². The number of thiophene rings is 1. The number of carbonyl (C=O) groups excluding carboxylic acids is 2. The molecule has 6 heteroatoms. The summed E-state index contributed by atoms with van der Waals surface area (Å²) in [7, 11) is 0. The van der Waals surface area contributed by atoms with Crippen molar-refractivity contribution in [1.29, 1.82) is 0 Å². The summed E-state index contributed by atoms with van der Waals surface area (Å²) in [6.45, 7) is 9.18. The fourth-order valence-electron chi connectivity index (χ4n) is 9.08. The molecule has 4 aliphatic rings. The van der Waals surface area contributed by atoms with Crippen molar-refractivity contribution in [1.82, 2.24) is 5.32 Å². The van der Waals surface area contributed by atoms with Crippen LogP contribution in [0.4, 0.5) is 0 Å². The minimum atomic E-state index is -0.356. The fourth-order valence-corrected chi connectivity index (χ4v) is 10.3. The summed E-state index contributed by atoms with van der Waals surface area (Å²) in [6.07, 6.45) is 9.69. The molecule has 0 bridgehead atoms. The van der Waals surface area contributed by atoms with Crippen LogP contribution in [-0.2, 0) is 9.59 Å². The molecule has 198 valence electrons. The van der Waals surface area contributed by atoms with Crippen LogP contribution in [-0.4, -0.2) is 22.9 Å². The van der Waals surface area contributed by atoms with Crippen LogP contribution >= 0.6 is 22.9 Å². The Morgan fingerprint density at radius 3 is 2.69 bits per heavy atom. The number of ketones is 1. The molecule has 4 nitrogen and oxygen atoms in total. The minimum absolute atomic E-state index is 0.0207. The lowest BCUT2D eigenvalue weighted by molar-refractivity contribution is -0.128. The number of aliphatic hydroxyl groups excluding tert-OH is 1. The predicted octanol–water partition coefficient (Wildman–Crippen LogP) is 7.11. The highest BCUT2D eigenvalue weighted by Gasteiger charge is 2.61. The van der Waals surface area contributed by atoms with Crippen LogP contribution < -0.4 is 5.32 Å². The van der Waals surface area contributed by atoms with E-state index in [1.165, 1.54) is 5.57 Å². The highest BCUT2D eigenvalue weighted by molar-refractivity contribution is 7.16. The molecule has 1 amide bonds.